The van der Waals surface area contributed by atoms with Crippen molar-refractivity contribution in [2.24, 2.45) is 17.4 Å². The van der Waals surface area contributed by atoms with E-state index in [9.17, 15) is 32.5 Å². The zero-order valence-corrected chi connectivity index (χ0v) is 35.4. The highest BCUT2D eigenvalue weighted by Crippen LogP contribution is 2.59. The molecule has 3 aromatic carbocycles. The van der Waals surface area contributed by atoms with Gasteiger partial charge in [0.15, 0.2) is 0 Å². The molecule has 0 radical (unpaired) electrons. The van der Waals surface area contributed by atoms with Gasteiger partial charge in [-0.15, -0.1) is 0 Å². The molecule has 14 nitrogen and oxygen atoms in total. The van der Waals surface area contributed by atoms with Crippen LogP contribution in [0.2, 0.25) is 0 Å². The van der Waals surface area contributed by atoms with Crippen LogP contribution in [0.1, 0.15) is 79.3 Å². The predicted octanol–water partition coefficient (Wildman–Crippen LogP) is 4.61. The third-order valence-corrected chi connectivity index (χ3v) is 12.2. The summed E-state index contributed by atoms with van der Waals surface area (Å²) in [6.45, 7) is 5.87. The van der Waals surface area contributed by atoms with Crippen molar-refractivity contribution in [3.05, 3.63) is 106 Å². The number of benzene rings is 3. The lowest BCUT2D eigenvalue weighted by atomic mass is 9.96. The maximum Gasteiger partial charge on any atom is 0.399 e. The van der Waals surface area contributed by atoms with Gasteiger partial charge in [0.1, 0.15) is 12.1 Å². The van der Waals surface area contributed by atoms with E-state index in [0.717, 1.165) is 48.1 Å². The zero-order valence-electron chi connectivity index (χ0n) is 34.5. The Bertz CT molecular complexity index is 2100. The largest absolute Gasteiger partial charge is 0.399 e. The first-order valence-corrected chi connectivity index (χ1v) is 22.1. The number of hydrogen-bond acceptors (Lipinski definition) is 8. The van der Waals surface area contributed by atoms with Crippen molar-refractivity contribution in [3.63, 3.8) is 0 Å². The van der Waals surface area contributed by atoms with Crippen LogP contribution >= 0.6 is 7.60 Å². The van der Waals surface area contributed by atoms with Crippen LogP contribution in [-0.4, -0.2) is 77.9 Å². The summed E-state index contributed by atoms with van der Waals surface area (Å²) in [6, 6.07) is 16.1. The zero-order chi connectivity index (χ0) is 44.3. The molecule has 0 saturated heterocycles. The summed E-state index contributed by atoms with van der Waals surface area (Å²) in [5.41, 5.74) is 10.9. The van der Waals surface area contributed by atoms with Gasteiger partial charge in [-0.05, 0) is 92.3 Å². The fourth-order valence-electron chi connectivity index (χ4n) is 7.58. The number of aryl methyl sites for hydroxylation is 2. The second-order valence-electron chi connectivity index (χ2n) is 15.6. The van der Waals surface area contributed by atoms with Crippen molar-refractivity contribution >= 4 is 42.5 Å². The molecular formula is C44H56F2N5O9P. The number of allylic oxidation sites excluding steroid dienone is 1. The van der Waals surface area contributed by atoms with Crippen LogP contribution in [0, 0.1) is 5.92 Å². The van der Waals surface area contributed by atoms with Crippen molar-refractivity contribution in [1.29, 1.82) is 0 Å². The second kappa shape index (κ2) is 21.3. The molecule has 0 saturated carbocycles. The molecule has 0 bridgehead atoms. The van der Waals surface area contributed by atoms with E-state index in [4.69, 9.17) is 30.7 Å². The number of nitrogens with one attached hydrogen (secondary N) is 2. The van der Waals surface area contributed by atoms with E-state index in [2.05, 4.69) is 22.8 Å². The molecular weight excluding hydrogens is 811 g/mol. The van der Waals surface area contributed by atoms with Crippen molar-refractivity contribution in [2.75, 3.05) is 31.2 Å². The average molecular weight is 868 g/mol. The molecule has 2 aliphatic rings. The van der Waals surface area contributed by atoms with Crippen LogP contribution in [0.3, 0.4) is 0 Å². The molecule has 0 aromatic heterocycles. The Labute approximate surface area is 354 Å². The van der Waals surface area contributed by atoms with Crippen molar-refractivity contribution < 1.29 is 51.8 Å². The van der Waals surface area contributed by atoms with Crippen LogP contribution in [0.15, 0.2) is 72.8 Å². The van der Waals surface area contributed by atoms with Gasteiger partial charge in [-0.1, -0.05) is 66.7 Å². The van der Waals surface area contributed by atoms with Gasteiger partial charge in [0.05, 0.1) is 18.4 Å². The number of rotatable bonds is 22. The van der Waals surface area contributed by atoms with Gasteiger partial charge >= 0.3 is 13.3 Å². The summed E-state index contributed by atoms with van der Waals surface area (Å²) in [7, 11) is -5.75. The summed E-state index contributed by atoms with van der Waals surface area (Å²) in [5.74, 6) is -2.25. The van der Waals surface area contributed by atoms with Crippen LogP contribution in [-0.2, 0) is 64.7 Å². The molecule has 5 rings (SSSR count). The lowest BCUT2D eigenvalue weighted by molar-refractivity contribution is -0.128. The minimum atomic E-state index is -5.75. The Morgan fingerprint density at radius 3 is 2.36 bits per heavy atom. The van der Waals surface area contributed by atoms with Gasteiger partial charge in [0, 0.05) is 50.2 Å². The molecule has 17 heteroatoms. The van der Waals surface area contributed by atoms with E-state index in [0.29, 0.717) is 56.0 Å². The number of amides is 4. The summed E-state index contributed by atoms with van der Waals surface area (Å²) < 4.78 is 51.4. The third kappa shape index (κ3) is 12.4. The molecule has 0 fully saturated rings. The minimum Gasteiger partial charge on any atom is -0.381 e. The maximum absolute atomic E-state index is 14.3. The molecule has 2 aliphatic heterocycles. The summed E-state index contributed by atoms with van der Waals surface area (Å²) in [5, 5.41) is 5.76. The molecule has 2 heterocycles. The summed E-state index contributed by atoms with van der Waals surface area (Å²) in [6.07, 6.45) is 4.88. The van der Waals surface area contributed by atoms with E-state index in [1.54, 1.807) is 6.92 Å². The van der Waals surface area contributed by atoms with Gasteiger partial charge in [0.25, 0.3) is 0 Å². The van der Waals surface area contributed by atoms with Crippen LogP contribution < -0.4 is 27.0 Å². The van der Waals surface area contributed by atoms with E-state index in [1.165, 1.54) is 28.7 Å². The van der Waals surface area contributed by atoms with Crippen LogP contribution in [0.5, 0.6) is 0 Å². The molecule has 4 atom stereocenters. The average Bonchev–Trinajstić information content (AvgIpc) is 3.56. The van der Waals surface area contributed by atoms with Crippen molar-refractivity contribution in [3.8, 4) is 0 Å². The van der Waals surface area contributed by atoms with E-state index >= 15 is 0 Å². The van der Waals surface area contributed by atoms with Gasteiger partial charge < -0.3 is 41.4 Å². The summed E-state index contributed by atoms with van der Waals surface area (Å²) in [4.78, 5) is 72.9. The quantitative estimate of drug-likeness (QED) is 0.0468. The minimum absolute atomic E-state index is 0.0921. The molecule has 8 N–H and O–H groups in total. The number of primary amides is 1. The van der Waals surface area contributed by atoms with Crippen molar-refractivity contribution in [1.82, 2.24) is 10.6 Å². The van der Waals surface area contributed by atoms with E-state index in [-0.39, 0.29) is 37.8 Å². The maximum atomic E-state index is 14.3. The van der Waals surface area contributed by atoms with E-state index in [1.807, 2.05) is 37.3 Å². The molecule has 0 aliphatic carbocycles. The fourth-order valence-corrected chi connectivity index (χ4v) is 8.07. The first-order chi connectivity index (χ1) is 29.0. The fraction of sp³-hybridized carbons (Fsp3) is 0.455. The standard InChI is InChI=1S/C44H56F2N5O9P/c1-28(32-13-17-36(18-14-32)44(45,46)61(56,57)58)24-40(53)50-37-19-15-33-7-3-8-34-25-38(51(41(33)34)43(37)55)42(54)49-26-35(16-20-39(48)52)29(2)60-27-31-11-9-30(10-12-31)6-4-22-59-23-5-21-47/h3,7-14,17-18,24,29,35,37-38H,4-6,15-16,19-23,25-27,47H2,1-2H3,(H2,48,52)(H,49,54)(H,50,53)(H2,56,57,58)/b28-24+/t29-,35-,37+,38+/m1/s1. The number of para-hydroxylation sites is 1. The second-order valence-corrected chi connectivity index (χ2v) is 17.3. The highest BCUT2D eigenvalue weighted by molar-refractivity contribution is 7.52. The van der Waals surface area contributed by atoms with Crippen LogP contribution in [0.4, 0.5) is 14.5 Å². The van der Waals surface area contributed by atoms with Crippen LogP contribution in [0.25, 0.3) is 5.57 Å². The monoisotopic (exact) mass is 867 g/mol. The van der Waals surface area contributed by atoms with Gasteiger partial charge in [-0.3, -0.25) is 28.6 Å². The van der Waals surface area contributed by atoms with Gasteiger partial charge in [-0.2, -0.15) is 8.78 Å². The van der Waals surface area contributed by atoms with E-state index < -0.39 is 54.5 Å². The first kappa shape index (κ1) is 47.2. The molecule has 3 aromatic rings. The molecule has 330 valence electrons. The lowest BCUT2D eigenvalue weighted by Gasteiger charge is -2.29. The molecule has 61 heavy (non-hydrogen) atoms. The number of nitrogens with two attached hydrogens (primary N) is 2. The Hall–Kier alpha value is -4.83. The predicted molar refractivity (Wildman–Crippen MR) is 226 cm³/mol. The number of nitrogens with zero attached hydrogens (tertiary/aromatic N) is 1. The number of halogens is 2. The van der Waals surface area contributed by atoms with Gasteiger partial charge in [-0.25, -0.2) is 0 Å². The smallest absolute Gasteiger partial charge is 0.381 e. The van der Waals surface area contributed by atoms with Crippen molar-refractivity contribution in [2.45, 2.75) is 95.7 Å². The molecule has 0 spiro atoms. The Balaban J connectivity index is 1.21. The first-order valence-electron chi connectivity index (χ1n) is 20.5. The lowest BCUT2D eigenvalue weighted by Crippen LogP contribution is -2.55. The topological polar surface area (TPSA) is 224 Å². The summed E-state index contributed by atoms with van der Waals surface area (Å²) >= 11 is 0. The number of anilines is 1. The molecule has 4 amide bonds. The Morgan fingerprint density at radius 1 is 1.02 bits per heavy atom. The number of hydrogen-bond donors (Lipinski definition) is 6. The molecule has 0 unspecified atom stereocenters. The Morgan fingerprint density at radius 2 is 1.69 bits per heavy atom. The Kier molecular flexibility index (Phi) is 16.5. The SMILES string of the molecule is C/C(=C\C(=O)N[C@H]1CCc2cccc3c2N(C1=O)[C@H](C(=O)NC[C@@H](CCC(N)=O)[C@@H](C)OCc1ccc(CCCOCCCN)cc1)C3)c1ccc(C(F)(F)P(=O)(O)O)cc1. The highest BCUT2D eigenvalue weighted by Gasteiger charge is 2.50. The normalized spacial score (nSPS) is 17.7. The number of ether oxygens (including phenoxy) is 2. The highest BCUT2D eigenvalue weighted by atomic mass is 31.2. The number of carbonyl (C=O) groups is 4. The number of carbonyl (C=O) groups excluding carboxylic acids is 4. The number of alkyl halides is 2. The third-order valence-electron chi connectivity index (χ3n) is 11.2. The van der Waals surface area contributed by atoms with Gasteiger partial charge in [0.2, 0.25) is 23.6 Å².